The van der Waals surface area contributed by atoms with E-state index >= 15 is 0 Å². The molecule has 0 spiro atoms. The molecule has 0 saturated carbocycles. The minimum absolute atomic E-state index is 0.0894. The maximum Gasteiger partial charge on any atom is 0.325 e. The highest BCUT2D eigenvalue weighted by Crippen LogP contribution is 2.18. The van der Waals surface area contributed by atoms with E-state index in [-0.39, 0.29) is 19.2 Å². The molecule has 98 valence electrons. The van der Waals surface area contributed by atoms with Crippen LogP contribution >= 0.6 is 0 Å². The van der Waals surface area contributed by atoms with Crippen LogP contribution in [0.3, 0.4) is 0 Å². The molecule has 0 aromatic heterocycles. The number of urea groups is 1. The molecule has 0 bridgehead atoms. The summed E-state index contributed by atoms with van der Waals surface area (Å²) in [7, 11) is 0. The number of hydrogen-bond acceptors (Lipinski definition) is 4. The standard InChI is InChI=1S/C11H20N2O4/c1-2-17-10(15)7-12-11(16)13-5-3-9(8-13)4-6-14/h9,14H,2-8H2,1H3,(H,12,16). The molecule has 1 aliphatic rings. The number of nitrogens with zero attached hydrogens (tertiary/aromatic N) is 1. The molecule has 1 saturated heterocycles. The van der Waals surface area contributed by atoms with Gasteiger partial charge < -0.3 is 20.1 Å². The van der Waals surface area contributed by atoms with Crippen molar-refractivity contribution in [3.63, 3.8) is 0 Å². The Kier molecular flexibility index (Phi) is 5.76. The predicted octanol–water partition coefficient (Wildman–Crippen LogP) is -0.0366. The molecule has 17 heavy (non-hydrogen) atoms. The van der Waals surface area contributed by atoms with Crippen LogP contribution in [-0.4, -0.2) is 54.9 Å². The van der Waals surface area contributed by atoms with E-state index in [0.29, 0.717) is 25.6 Å². The minimum Gasteiger partial charge on any atom is -0.465 e. The van der Waals surface area contributed by atoms with E-state index < -0.39 is 5.97 Å². The molecule has 1 atom stereocenters. The fourth-order valence-corrected chi connectivity index (χ4v) is 1.91. The average Bonchev–Trinajstić information content (AvgIpc) is 2.75. The van der Waals surface area contributed by atoms with E-state index in [1.54, 1.807) is 11.8 Å². The number of rotatable bonds is 5. The molecule has 1 aliphatic heterocycles. The smallest absolute Gasteiger partial charge is 0.325 e. The van der Waals surface area contributed by atoms with E-state index in [1.807, 2.05) is 0 Å². The van der Waals surface area contributed by atoms with E-state index in [4.69, 9.17) is 9.84 Å². The first kappa shape index (κ1) is 13.8. The summed E-state index contributed by atoms with van der Waals surface area (Å²) in [5, 5.41) is 11.3. The van der Waals surface area contributed by atoms with Crippen LogP contribution in [-0.2, 0) is 9.53 Å². The molecule has 2 amide bonds. The Balaban J connectivity index is 2.22. The SMILES string of the molecule is CCOC(=O)CNC(=O)N1CCC(CCO)C1. The third kappa shape index (κ3) is 4.60. The summed E-state index contributed by atoms with van der Waals surface area (Å²) in [6, 6.07) is -0.238. The van der Waals surface area contributed by atoms with Gasteiger partial charge in [0.25, 0.3) is 0 Å². The van der Waals surface area contributed by atoms with E-state index in [1.165, 1.54) is 0 Å². The summed E-state index contributed by atoms with van der Waals surface area (Å²) in [5.74, 6) is -0.0553. The number of ether oxygens (including phenoxy) is 1. The normalized spacial score (nSPS) is 19.2. The second kappa shape index (κ2) is 7.11. The van der Waals surface area contributed by atoms with Crippen molar-refractivity contribution < 1.29 is 19.4 Å². The second-order valence-electron chi connectivity index (χ2n) is 4.08. The maximum atomic E-state index is 11.6. The molecule has 0 aromatic rings. The van der Waals surface area contributed by atoms with Crippen molar-refractivity contribution in [3.05, 3.63) is 0 Å². The molecular formula is C11H20N2O4. The summed E-state index contributed by atoms with van der Waals surface area (Å²) in [6.45, 7) is 3.43. The number of carbonyl (C=O) groups is 2. The molecule has 0 aromatic carbocycles. The lowest BCUT2D eigenvalue weighted by molar-refractivity contribution is -0.141. The van der Waals surface area contributed by atoms with Gasteiger partial charge in [0.2, 0.25) is 0 Å². The average molecular weight is 244 g/mol. The Hall–Kier alpha value is -1.30. The number of amides is 2. The zero-order chi connectivity index (χ0) is 12.7. The fourth-order valence-electron chi connectivity index (χ4n) is 1.91. The first-order chi connectivity index (χ1) is 8.17. The highest BCUT2D eigenvalue weighted by molar-refractivity contribution is 5.80. The molecule has 6 nitrogen and oxygen atoms in total. The predicted molar refractivity (Wildman–Crippen MR) is 61.4 cm³/mol. The Morgan fingerprint density at radius 1 is 1.53 bits per heavy atom. The van der Waals surface area contributed by atoms with Gasteiger partial charge in [-0.1, -0.05) is 0 Å². The molecule has 1 heterocycles. The number of carbonyl (C=O) groups excluding carboxylic acids is 2. The highest BCUT2D eigenvalue weighted by Gasteiger charge is 2.25. The fraction of sp³-hybridized carbons (Fsp3) is 0.818. The monoisotopic (exact) mass is 244 g/mol. The lowest BCUT2D eigenvalue weighted by Crippen LogP contribution is -2.41. The molecular weight excluding hydrogens is 224 g/mol. The first-order valence-electron chi connectivity index (χ1n) is 5.96. The Labute approximate surface area is 101 Å². The molecule has 0 aliphatic carbocycles. The van der Waals surface area contributed by atoms with Crippen LogP contribution in [0.15, 0.2) is 0 Å². The van der Waals surface area contributed by atoms with Crippen molar-refractivity contribution in [2.75, 3.05) is 32.8 Å². The minimum atomic E-state index is -0.424. The van der Waals surface area contributed by atoms with Crippen molar-refractivity contribution in [2.45, 2.75) is 19.8 Å². The van der Waals surface area contributed by atoms with Crippen LogP contribution in [0.2, 0.25) is 0 Å². The van der Waals surface area contributed by atoms with Gasteiger partial charge in [-0.2, -0.15) is 0 Å². The number of aliphatic hydroxyl groups is 1. The quantitative estimate of drug-likeness (QED) is 0.665. The molecule has 1 fully saturated rings. The largest absolute Gasteiger partial charge is 0.465 e. The van der Waals surface area contributed by atoms with Crippen molar-refractivity contribution in [1.29, 1.82) is 0 Å². The third-order valence-corrected chi connectivity index (χ3v) is 2.80. The van der Waals surface area contributed by atoms with E-state index in [2.05, 4.69) is 5.32 Å². The molecule has 2 N–H and O–H groups in total. The van der Waals surface area contributed by atoms with Crippen LogP contribution in [0.1, 0.15) is 19.8 Å². The van der Waals surface area contributed by atoms with Gasteiger partial charge in [0.15, 0.2) is 0 Å². The third-order valence-electron chi connectivity index (χ3n) is 2.80. The molecule has 0 radical (unpaired) electrons. The van der Waals surface area contributed by atoms with Gasteiger partial charge in [0, 0.05) is 19.7 Å². The van der Waals surface area contributed by atoms with Crippen molar-refractivity contribution in [2.24, 2.45) is 5.92 Å². The van der Waals surface area contributed by atoms with Gasteiger partial charge in [0.05, 0.1) is 6.61 Å². The second-order valence-corrected chi connectivity index (χ2v) is 4.08. The lowest BCUT2D eigenvalue weighted by Gasteiger charge is -2.16. The summed E-state index contributed by atoms with van der Waals surface area (Å²) in [6.07, 6.45) is 1.63. The Morgan fingerprint density at radius 3 is 2.94 bits per heavy atom. The van der Waals surface area contributed by atoms with Crippen LogP contribution in [0.5, 0.6) is 0 Å². The van der Waals surface area contributed by atoms with Gasteiger partial charge >= 0.3 is 12.0 Å². The number of hydrogen-bond donors (Lipinski definition) is 2. The van der Waals surface area contributed by atoms with E-state index in [9.17, 15) is 9.59 Å². The maximum absolute atomic E-state index is 11.6. The lowest BCUT2D eigenvalue weighted by atomic mass is 10.1. The molecule has 1 unspecified atom stereocenters. The van der Waals surface area contributed by atoms with Gasteiger partial charge in [-0.15, -0.1) is 0 Å². The Morgan fingerprint density at radius 2 is 2.29 bits per heavy atom. The first-order valence-corrected chi connectivity index (χ1v) is 5.96. The van der Waals surface area contributed by atoms with Crippen molar-refractivity contribution in [1.82, 2.24) is 10.2 Å². The summed E-state index contributed by atoms with van der Waals surface area (Å²) in [4.78, 5) is 24.4. The van der Waals surface area contributed by atoms with Crippen molar-refractivity contribution >= 4 is 12.0 Å². The van der Waals surface area contributed by atoms with Crippen molar-refractivity contribution in [3.8, 4) is 0 Å². The van der Waals surface area contributed by atoms with Crippen LogP contribution in [0.25, 0.3) is 0 Å². The molecule has 1 rings (SSSR count). The number of likely N-dealkylation sites (tertiary alicyclic amines) is 1. The summed E-state index contributed by atoms with van der Waals surface area (Å²) < 4.78 is 4.71. The van der Waals surface area contributed by atoms with Crippen LogP contribution in [0, 0.1) is 5.92 Å². The summed E-state index contributed by atoms with van der Waals surface area (Å²) >= 11 is 0. The van der Waals surface area contributed by atoms with Crippen LogP contribution < -0.4 is 5.32 Å². The summed E-state index contributed by atoms with van der Waals surface area (Å²) in [5.41, 5.74) is 0. The van der Waals surface area contributed by atoms with E-state index in [0.717, 1.165) is 12.8 Å². The van der Waals surface area contributed by atoms with Gasteiger partial charge in [0.1, 0.15) is 6.54 Å². The van der Waals surface area contributed by atoms with Crippen LogP contribution in [0.4, 0.5) is 4.79 Å². The topological polar surface area (TPSA) is 78.9 Å². The number of aliphatic hydroxyl groups excluding tert-OH is 1. The Bertz CT molecular complexity index is 270. The highest BCUT2D eigenvalue weighted by atomic mass is 16.5. The van der Waals surface area contributed by atoms with Gasteiger partial charge in [-0.05, 0) is 25.7 Å². The number of esters is 1. The zero-order valence-electron chi connectivity index (χ0n) is 10.1. The van der Waals surface area contributed by atoms with Gasteiger partial charge in [-0.25, -0.2) is 4.79 Å². The zero-order valence-corrected chi connectivity index (χ0v) is 10.1. The number of nitrogens with one attached hydrogen (secondary N) is 1. The molecule has 6 heteroatoms. The van der Waals surface area contributed by atoms with Gasteiger partial charge in [-0.3, -0.25) is 4.79 Å².